The SMILES string of the molecule is CC1=CC=CC#CC1c1cc2c(cc1-c1c(C)cccc1C)n1c3ccccc3c3c1n1c4c(cc(C(C)(C)C)cc4n(-c4ccccc4)c4c5ccccc5n2c41)n3-c1ccccc1. The number of nitrogens with zero attached hydrogens (tertiary/aromatic N) is 5. The Morgan fingerprint density at radius 2 is 1.02 bits per heavy atom. The lowest BCUT2D eigenvalue weighted by molar-refractivity contribution is 0.591. The molecule has 5 heteroatoms. The van der Waals surface area contributed by atoms with E-state index < -0.39 is 0 Å². The maximum atomic E-state index is 3.71. The van der Waals surface area contributed by atoms with Crippen LogP contribution in [0, 0.1) is 25.7 Å². The van der Waals surface area contributed by atoms with Crippen LogP contribution < -0.4 is 0 Å². The molecule has 312 valence electrons. The Bertz CT molecular complexity index is 4080. The number of hydrogen-bond donors (Lipinski definition) is 0. The van der Waals surface area contributed by atoms with Crippen molar-refractivity contribution in [3.8, 4) is 34.3 Å². The first-order valence-electron chi connectivity index (χ1n) is 22.7. The summed E-state index contributed by atoms with van der Waals surface area (Å²) in [5, 5.41) is 2.39. The zero-order chi connectivity index (χ0) is 43.9. The van der Waals surface area contributed by atoms with Gasteiger partial charge in [-0.15, -0.1) is 0 Å². The first-order chi connectivity index (χ1) is 31.7. The lowest BCUT2D eigenvalue weighted by Gasteiger charge is -2.26. The van der Waals surface area contributed by atoms with Gasteiger partial charge in [0.15, 0.2) is 0 Å². The van der Waals surface area contributed by atoms with E-state index in [0.717, 1.165) is 72.3 Å². The highest BCUT2D eigenvalue weighted by molar-refractivity contribution is 6.18. The summed E-state index contributed by atoms with van der Waals surface area (Å²) < 4.78 is 12.9. The molecule has 7 aromatic carbocycles. The molecule has 5 aromatic heterocycles. The van der Waals surface area contributed by atoms with Gasteiger partial charge in [0.2, 0.25) is 0 Å². The second-order valence-corrected chi connectivity index (χ2v) is 19.0. The van der Waals surface area contributed by atoms with Crippen molar-refractivity contribution in [3.05, 3.63) is 198 Å². The third kappa shape index (κ3) is 5.17. The second kappa shape index (κ2) is 13.5. The van der Waals surface area contributed by atoms with Crippen molar-refractivity contribution in [2.75, 3.05) is 0 Å². The van der Waals surface area contributed by atoms with Gasteiger partial charge in [-0.2, -0.15) is 0 Å². The molecule has 1 unspecified atom stereocenters. The van der Waals surface area contributed by atoms with Crippen LogP contribution in [-0.2, 0) is 5.41 Å². The van der Waals surface area contributed by atoms with Crippen LogP contribution in [0.5, 0.6) is 0 Å². The van der Waals surface area contributed by atoms with Crippen LogP contribution in [0.4, 0.5) is 0 Å². The molecule has 0 spiro atoms. The Balaban J connectivity index is 1.43. The maximum absolute atomic E-state index is 3.71. The topological polar surface area (TPSA) is 23.1 Å². The van der Waals surface area contributed by atoms with Gasteiger partial charge in [0, 0.05) is 22.1 Å². The monoisotopic (exact) mass is 837 g/mol. The van der Waals surface area contributed by atoms with Crippen LogP contribution in [0.2, 0.25) is 0 Å². The van der Waals surface area contributed by atoms with Gasteiger partial charge in [-0.25, -0.2) is 0 Å². The van der Waals surface area contributed by atoms with Crippen molar-refractivity contribution >= 4 is 71.7 Å². The first kappa shape index (κ1) is 37.6. The Morgan fingerprint density at radius 1 is 0.492 bits per heavy atom. The molecule has 0 N–H and O–H groups in total. The van der Waals surface area contributed by atoms with E-state index in [2.05, 4.69) is 240 Å². The highest BCUT2D eigenvalue weighted by Gasteiger charge is 2.31. The molecule has 0 aliphatic heterocycles. The molecule has 1 aliphatic carbocycles. The lowest BCUT2D eigenvalue weighted by Crippen LogP contribution is -2.16. The molecular formula is C60H47N5. The Labute approximate surface area is 377 Å². The minimum absolute atomic E-state index is 0.119. The number of aromatic nitrogens is 5. The lowest BCUT2D eigenvalue weighted by atomic mass is 9.83. The molecule has 0 fully saturated rings. The molecule has 1 aliphatic rings. The van der Waals surface area contributed by atoms with E-state index in [1.165, 1.54) is 49.7 Å². The number of para-hydroxylation sites is 4. The number of fused-ring (bicyclic) bond motifs is 9. The fourth-order valence-electron chi connectivity index (χ4n) is 11.2. The van der Waals surface area contributed by atoms with Crippen LogP contribution in [0.25, 0.3) is 94.2 Å². The van der Waals surface area contributed by atoms with Gasteiger partial charge < -0.3 is 9.13 Å². The van der Waals surface area contributed by atoms with Crippen LogP contribution in [0.15, 0.2) is 175 Å². The molecule has 65 heavy (non-hydrogen) atoms. The van der Waals surface area contributed by atoms with E-state index in [1.807, 2.05) is 6.08 Å². The van der Waals surface area contributed by atoms with Crippen molar-refractivity contribution in [3.63, 3.8) is 0 Å². The second-order valence-electron chi connectivity index (χ2n) is 19.0. The first-order valence-corrected chi connectivity index (χ1v) is 22.7. The summed E-state index contributed by atoms with van der Waals surface area (Å²) in [5.41, 5.74) is 23.3. The van der Waals surface area contributed by atoms with Crippen LogP contribution in [0.1, 0.15) is 55.9 Å². The molecule has 13 rings (SSSR count). The highest BCUT2D eigenvalue weighted by atomic mass is 15.2. The van der Waals surface area contributed by atoms with E-state index in [4.69, 9.17) is 0 Å². The number of aryl methyl sites for hydroxylation is 2. The van der Waals surface area contributed by atoms with E-state index in [1.54, 1.807) is 0 Å². The smallest absolute Gasteiger partial charge is 0.149 e. The molecule has 0 saturated heterocycles. The van der Waals surface area contributed by atoms with E-state index in [0.29, 0.717) is 0 Å². The number of hydrogen-bond acceptors (Lipinski definition) is 0. The largest absolute Gasteiger partial charge is 0.304 e. The summed E-state index contributed by atoms with van der Waals surface area (Å²) in [6, 6.07) is 56.6. The number of benzene rings is 7. The Morgan fingerprint density at radius 3 is 1.57 bits per heavy atom. The highest BCUT2D eigenvalue weighted by Crippen LogP contribution is 2.47. The molecule has 5 heterocycles. The van der Waals surface area contributed by atoms with Crippen LogP contribution in [0.3, 0.4) is 0 Å². The quantitative estimate of drug-likeness (QED) is 0.158. The molecule has 5 nitrogen and oxygen atoms in total. The fourth-order valence-corrected chi connectivity index (χ4v) is 11.2. The molecule has 12 aromatic rings. The zero-order valence-electron chi connectivity index (χ0n) is 37.5. The standard InChI is InChI=1S/C60H47N5/c1-37-21-10-7-15-28-43(37)46-35-50-51(36-47(46)54-38(2)22-20-23-39(54)3)64-49-32-19-17-30-45(49)56-59(64)65-57-52(33-40(60(4,5)6)34-53(57)62(56)42-26-13-9-14-27-42)61(41-24-11-8-12-25-41)55-44-29-16-18-31-48(44)63(50)58(55)65/h7-14,16-27,29-36,43H,1-6H3. The summed E-state index contributed by atoms with van der Waals surface area (Å²) in [6.45, 7) is 13.7. The molecule has 0 amide bonds. The number of allylic oxidation sites excluding steroid dienone is 4. The molecule has 0 bridgehead atoms. The van der Waals surface area contributed by atoms with E-state index in [9.17, 15) is 0 Å². The normalized spacial score (nSPS) is 14.5. The minimum atomic E-state index is -0.142. The molecule has 1 atom stereocenters. The third-order valence-corrected chi connectivity index (χ3v) is 14.1. The molecule has 0 radical (unpaired) electrons. The predicted molar refractivity (Wildman–Crippen MR) is 273 cm³/mol. The summed E-state index contributed by atoms with van der Waals surface area (Å²) >= 11 is 0. The van der Waals surface area contributed by atoms with Gasteiger partial charge in [-0.1, -0.05) is 141 Å². The van der Waals surface area contributed by atoms with Crippen LogP contribution >= 0.6 is 0 Å². The minimum Gasteiger partial charge on any atom is -0.304 e. The predicted octanol–water partition coefficient (Wildman–Crippen LogP) is 15.0. The fraction of sp³-hybridized carbons (Fsp3) is 0.133. The van der Waals surface area contributed by atoms with Gasteiger partial charge in [-0.05, 0) is 126 Å². The van der Waals surface area contributed by atoms with Crippen molar-refractivity contribution in [1.82, 2.24) is 22.3 Å². The van der Waals surface area contributed by atoms with Gasteiger partial charge in [0.25, 0.3) is 0 Å². The Hall–Kier alpha value is -7.94. The summed E-state index contributed by atoms with van der Waals surface area (Å²) in [5.74, 6) is 7.00. The molecular weight excluding hydrogens is 791 g/mol. The van der Waals surface area contributed by atoms with Gasteiger partial charge >= 0.3 is 0 Å². The van der Waals surface area contributed by atoms with Crippen molar-refractivity contribution in [1.29, 1.82) is 0 Å². The van der Waals surface area contributed by atoms with Gasteiger partial charge in [0.05, 0.1) is 55.6 Å². The molecule has 0 saturated carbocycles. The van der Waals surface area contributed by atoms with Gasteiger partial charge in [-0.3, -0.25) is 13.2 Å². The van der Waals surface area contributed by atoms with Crippen LogP contribution in [-0.4, -0.2) is 22.3 Å². The summed E-state index contributed by atoms with van der Waals surface area (Å²) in [4.78, 5) is 0. The average molecular weight is 838 g/mol. The third-order valence-electron chi connectivity index (χ3n) is 14.1. The van der Waals surface area contributed by atoms with Crippen molar-refractivity contribution in [2.45, 2.75) is 52.9 Å². The zero-order valence-corrected chi connectivity index (χ0v) is 37.5. The van der Waals surface area contributed by atoms with E-state index >= 15 is 0 Å². The Kier molecular flexibility index (Phi) is 7.83. The number of rotatable bonds is 4. The van der Waals surface area contributed by atoms with Crippen molar-refractivity contribution in [2.24, 2.45) is 0 Å². The van der Waals surface area contributed by atoms with Crippen molar-refractivity contribution < 1.29 is 0 Å². The average Bonchev–Trinajstić information content (AvgIpc) is 3.68. The van der Waals surface area contributed by atoms with Gasteiger partial charge in [0.1, 0.15) is 11.3 Å². The summed E-state index contributed by atoms with van der Waals surface area (Å²) in [6.07, 6.45) is 6.29. The summed E-state index contributed by atoms with van der Waals surface area (Å²) in [7, 11) is 0. The maximum Gasteiger partial charge on any atom is 0.149 e. The van der Waals surface area contributed by atoms with E-state index in [-0.39, 0.29) is 11.3 Å².